The molecule has 0 bridgehead atoms. The van der Waals surface area contributed by atoms with Crippen molar-refractivity contribution in [3.05, 3.63) is 27.9 Å². The van der Waals surface area contributed by atoms with Gasteiger partial charge in [0.25, 0.3) is 5.56 Å². The number of carboxylic acid groups (broad SMARTS) is 1. The quantitative estimate of drug-likeness (QED) is 0.774. The fourth-order valence-corrected chi connectivity index (χ4v) is 2.97. The molecule has 5 nitrogen and oxygen atoms in total. The van der Waals surface area contributed by atoms with Crippen LogP contribution in [0.5, 0.6) is 0 Å². The third-order valence-electron chi connectivity index (χ3n) is 2.87. The second kappa shape index (κ2) is 4.20. The number of aromatic carboxylic acids is 1. The molecule has 1 unspecified atom stereocenters. The summed E-state index contributed by atoms with van der Waals surface area (Å²) in [5, 5.41) is 8.91. The van der Waals surface area contributed by atoms with Crippen molar-refractivity contribution < 1.29 is 9.90 Å². The molecule has 0 aliphatic carbocycles. The van der Waals surface area contributed by atoms with Crippen molar-refractivity contribution in [3.63, 3.8) is 0 Å². The lowest BCUT2D eigenvalue weighted by molar-refractivity contribution is 0.0693. The number of alkyl halides is 2. The Hall–Kier alpha value is -0.690. The number of aromatic nitrogens is 2. The van der Waals surface area contributed by atoms with Gasteiger partial charge in [-0.05, 0) is 19.8 Å². The summed E-state index contributed by atoms with van der Waals surface area (Å²) in [5.41, 5.74) is -0.795. The monoisotopic (exact) mass is 364 g/mol. The molecule has 1 aliphatic rings. The molecule has 1 atom stereocenters. The maximum Gasteiger partial charge on any atom is 0.342 e. The molecule has 0 saturated heterocycles. The number of hydrogen-bond acceptors (Lipinski definition) is 3. The second-order valence-electron chi connectivity index (χ2n) is 4.07. The number of halogens is 2. The van der Waals surface area contributed by atoms with Crippen LogP contribution < -0.4 is 5.56 Å². The molecule has 0 spiro atoms. The second-order valence-corrected chi connectivity index (χ2v) is 7.84. The number of fused-ring (bicyclic) bond motifs is 1. The molecule has 1 aromatic heterocycles. The van der Waals surface area contributed by atoms with Gasteiger partial charge in [-0.1, -0.05) is 31.9 Å². The smallest absolute Gasteiger partial charge is 0.342 e. The number of hydrogen-bond donors (Lipinski definition) is 1. The molecular formula is C10H10Br2N2O3. The molecule has 1 N–H and O–H groups in total. The first-order valence-corrected chi connectivity index (χ1v) is 6.66. The van der Waals surface area contributed by atoms with Gasteiger partial charge in [-0.3, -0.25) is 9.36 Å². The van der Waals surface area contributed by atoms with E-state index in [1.807, 2.05) is 6.92 Å². The fraction of sp³-hybridized carbons (Fsp3) is 0.500. The first kappa shape index (κ1) is 12.8. The van der Waals surface area contributed by atoms with Crippen molar-refractivity contribution >= 4 is 37.8 Å². The summed E-state index contributed by atoms with van der Waals surface area (Å²) in [4.78, 5) is 27.0. The highest BCUT2D eigenvalue weighted by molar-refractivity contribution is 9.24. The third kappa shape index (κ3) is 2.06. The van der Waals surface area contributed by atoms with E-state index in [1.54, 1.807) is 0 Å². The Morgan fingerprint density at radius 2 is 2.29 bits per heavy atom. The average Bonchev–Trinajstić information content (AvgIpc) is 2.23. The molecule has 1 aliphatic heterocycles. The number of rotatable bonds is 1. The van der Waals surface area contributed by atoms with Gasteiger partial charge < -0.3 is 5.11 Å². The van der Waals surface area contributed by atoms with Crippen LogP contribution >= 0.6 is 31.9 Å². The lowest BCUT2D eigenvalue weighted by Crippen LogP contribution is -2.38. The van der Waals surface area contributed by atoms with Crippen LogP contribution in [0.4, 0.5) is 0 Å². The van der Waals surface area contributed by atoms with Gasteiger partial charge in [0.15, 0.2) is 0 Å². The van der Waals surface area contributed by atoms with Crippen LogP contribution in [0.1, 0.15) is 42.0 Å². The van der Waals surface area contributed by atoms with Crippen molar-refractivity contribution in [2.75, 3.05) is 0 Å². The molecule has 0 fully saturated rings. The van der Waals surface area contributed by atoms with Crippen molar-refractivity contribution in [1.29, 1.82) is 0 Å². The average molecular weight is 366 g/mol. The van der Waals surface area contributed by atoms with E-state index in [0.717, 1.165) is 19.0 Å². The van der Waals surface area contributed by atoms with Crippen LogP contribution in [-0.4, -0.2) is 20.6 Å². The van der Waals surface area contributed by atoms with Crippen LogP contribution in [0, 0.1) is 0 Å². The van der Waals surface area contributed by atoms with Gasteiger partial charge >= 0.3 is 5.97 Å². The first-order chi connectivity index (χ1) is 7.84. The van der Waals surface area contributed by atoms with E-state index in [-0.39, 0.29) is 11.6 Å². The molecule has 2 heterocycles. The molecule has 0 amide bonds. The van der Waals surface area contributed by atoms with Crippen LogP contribution in [0.15, 0.2) is 11.0 Å². The summed E-state index contributed by atoms with van der Waals surface area (Å²) in [7, 11) is 0. The molecule has 0 saturated carbocycles. The van der Waals surface area contributed by atoms with Gasteiger partial charge in [0, 0.05) is 12.2 Å². The Morgan fingerprint density at radius 3 is 2.88 bits per heavy atom. The molecule has 0 radical (unpaired) electrons. The maximum absolute atomic E-state index is 12.1. The molecule has 0 aromatic carbocycles. The molecule has 2 rings (SSSR count). The topological polar surface area (TPSA) is 72.2 Å². The summed E-state index contributed by atoms with van der Waals surface area (Å²) >= 11 is 6.92. The standard InChI is InChI=1S/C10H10Br2N2O3/c1-5-2-3-10(11,12)9-13-4-6(8(16)17)7(15)14(5)9/h4-5H,2-3H2,1H3,(H,16,17). The summed E-state index contributed by atoms with van der Waals surface area (Å²) in [5.74, 6) is -0.725. The van der Waals surface area contributed by atoms with Crippen LogP contribution in [0.2, 0.25) is 0 Å². The number of nitrogens with zero attached hydrogens (tertiary/aromatic N) is 2. The van der Waals surface area contributed by atoms with Crippen LogP contribution in [-0.2, 0) is 3.23 Å². The predicted octanol–water partition coefficient (Wildman–Crippen LogP) is 2.24. The highest BCUT2D eigenvalue weighted by Gasteiger charge is 2.37. The van der Waals surface area contributed by atoms with Gasteiger partial charge in [-0.15, -0.1) is 0 Å². The van der Waals surface area contributed by atoms with Gasteiger partial charge in [0.05, 0.1) is 0 Å². The maximum atomic E-state index is 12.1. The minimum atomic E-state index is -1.25. The zero-order valence-electron chi connectivity index (χ0n) is 8.98. The first-order valence-electron chi connectivity index (χ1n) is 5.07. The van der Waals surface area contributed by atoms with E-state index in [2.05, 4.69) is 36.8 Å². The fourth-order valence-electron chi connectivity index (χ4n) is 1.93. The van der Waals surface area contributed by atoms with Crippen molar-refractivity contribution in [2.24, 2.45) is 0 Å². The number of carbonyl (C=O) groups is 1. The summed E-state index contributed by atoms with van der Waals surface area (Å²) < 4.78 is 0.888. The van der Waals surface area contributed by atoms with E-state index >= 15 is 0 Å². The van der Waals surface area contributed by atoms with E-state index in [9.17, 15) is 9.59 Å². The minimum Gasteiger partial charge on any atom is -0.477 e. The Bertz CT molecular complexity index is 539. The Labute approximate surface area is 114 Å². The van der Waals surface area contributed by atoms with Crippen LogP contribution in [0.3, 0.4) is 0 Å². The largest absolute Gasteiger partial charge is 0.477 e. The lowest BCUT2D eigenvalue weighted by atomic mass is 10.0. The van der Waals surface area contributed by atoms with Crippen LogP contribution in [0.25, 0.3) is 0 Å². The molecular weight excluding hydrogens is 356 g/mol. The van der Waals surface area contributed by atoms with E-state index in [1.165, 1.54) is 4.57 Å². The molecule has 92 valence electrons. The van der Waals surface area contributed by atoms with E-state index < -0.39 is 14.8 Å². The predicted molar refractivity (Wildman–Crippen MR) is 68.9 cm³/mol. The minimum absolute atomic E-state index is 0.0486. The van der Waals surface area contributed by atoms with E-state index in [0.29, 0.717) is 5.82 Å². The van der Waals surface area contributed by atoms with Gasteiger partial charge in [0.1, 0.15) is 14.6 Å². The van der Waals surface area contributed by atoms with Gasteiger partial charge in [0.2, 0.25) is 0 Å². The highest BCUT2D eigenvalue weighted by Crippen LogP contribution is 2.46. The molecule has 1 aromatic rings. The summed E-state index contributed by atoms with van der Waals surface area (Å²) in [6.45, 7) is 1.88. The molecule has 17 heavy (non-hydrogen) atoms. The Kier molecular flexibility index (Phi) is 3.15. The zero-order chi connectivity index (χ0) is 12.8. The Balaban J connectivity index is 2.73. The summed E-state index contributed by atoms with van der Waals surface area (Å²) in [6, 6.07) is -0.0486. The van der Waals surface area contributed by atoms with Crippen molar-refractivity contribution in [1.82, 2.24) is 9.55 Å². The highest BCUT2D eigenvalue weighted by atomic mass is 79.9. The Morgan fingerprint density at radius 1 is 1.65 bits per heavy atom. The zero-order valence-corrected chi connectivity index (χ0v) is 12.2. The van der Waals surface area contributed by atoms with Gasteiger partial charge in [-0.25, -0.2) is 9.78 Å². The number of carboxylic acids is 1. The molecule has 7 heteroatoms. The normalized spacial score (nSPS) is 21.9. The third-order valence-corrected chi connectivity index (χ3v) is 4.37. The van der Waals surface area contributed by atoms with E-state index in [4.69, 9.17) is 5.11 Å². The lowest BCUT2D eigenvalue weighted by Gasteiger charge is -2.32. The van der Waals surface area contributed by atoms with Gasteiger partial charge in [-0.2, -0.15) is 0 Å². The van der Waals surface area contributed by atoms with Crippen molar-refractivity contribution in [2.45, 2.75) is 29.0 Å². The van der Waals surface area contributed by atoms with Crippen molar-refractivity contribution in [3.8, 4) is 0 Å². The summed E-state index contributed by atoms with van der Waals surface area (Å²) in [6.07, 6.45) is 2.67. The SMILES string of the molecule is CC1CCC(Br)(Br)c2ncc(C(=O)O)c(=O)n21.